The predicted molar refractivity (Wildman–Crippen MR) is 73.6 cm³/mol. The summed E-state index contributed by atoms with van der Waals surface area (Å²) < 4.78 is 5.59. The van der Waals surface area contributed by atoms with Crippen LogP contribution >= 0.6 is 0 Å². The Bertz CT molecular complexity index is 236. The van der Waals surface area contributed by atoms with Crippen molar-refractivity contribution in [3.8, 4) is 0 Å². The minimum absolute atomic E-state index is 0.154. The Morgan fingerprint density at radius 3 is 2.33 bits per heavy atom. The van der Waals surface area contributed by atoms with Crippen LogP contribution in [-0.2, 0) is 9.53 Å². The first kappa shape index (κ1) is 15.4. The van der Waals surface area contributed by atoms with E-state index in [1.165, 1.54) is 12.8 Å². The van der Waals surface area contributed by atoms with Crippen molar-refractivity contribution >= 4 is 5.91 Å². The minimum Gasteiger partial charge on any atom is -0.367 e. The van der Waals surface area contributed by atoms with Crippen molar-refractivity contribution in [1.29, 1.82) is 0 Å². The Labute approximate surface area is 111 Å². The maximum absolute atomic E-state index is 12.2. The molecule has 0 aromatic heterocycles. The zero-order valence-electron chi connectivity index (χ0n) is 12.1. The second-order valence-corrected chi connectivity index (χ2v) is 5.36. The zero-order valence-corrected chi connectivity index (χ0v) is 12.1. The first-order valence-corrected chi connectivity index (χ1v) is 7.25. The first-order valence-electron chi connectivity index (χ1n) is 7.25. The third-order valence-electron chi connectivity index (χ3n) is 3.29. The SMILES string of the molecule is CC(C)NCCOC(C)C(=O)N1CCCCCC1. The molecule has 1 unspecified atom stereocenters. The van der Waals surface area contributed by atoms with E-state index in [4.69, 9.17) is 4.74 Å². The van der Waals surface area contributed by atoms with Crippen LogP contribution in [0.5, 0.6) is 0 Å². The molecule has 1 aliphatic rings. The lowest BCUT2D eigenvalue weighted by atomic mass is 10.2. The molecule has 4 nitrogen and oxygen atoms in total. The Balaban J connectivity index is 2.22. The second-order valence-electron chi connectivity index (χ2n) is 5.36. The molecule has 1 amide bonds. The molecule has 0 saturated carbocycles. The Morgan fingerprint density at radius 2 is 1.78 bits per heavy atom. The van der Waals surface area contributed by atoms with Crippen LogP contribution in [0.4, 0.5) is 0 Å². The highest BCUT2D eigenvalue weighted by molar-refractivity contribution is 5.80. The van der Waals surface area contributed by atoms with Crippen LogP contribution in [0.3, 0.4) is 0 Å². The van der Waals surface area contributed by atoms with Crippen LogP contribution in [0.1, 0.15) is 46.5 Å². The molecule has 0 aliphatic carbocycles. The van der Waals surface area contributed by atoms with Gasteiger partial charge in [-0.3, -0.25) is 4.79 Å². The van der Waals surface area contributed by atoms with Gasteiger partial charge in [-0.05, 0) is 19.8 Å². The number of hydrogen-bond donors (Lipinski definition) is 1. The van der Waals surface area contributed by atoms with Gasteiger partial charge in [0, 0.05) is 25.7 Å². The van der Waals surface area contributed by atoms with Crippen molar-refractivity contribution in [2.45, 2.75) is 58.6 Å². The fourth-order valence-electron chi connectivity index (χ4n) is 2.20. The number of rotatable bonds is 6. The molecule has 0 bridgehead atoms. The summed E-state index contributed by atoms with van der Waals surface area (Å²) in [5, 5.41) is 3.28. The highest BCUT2D eigenvalue weighted by Crippen LogP contribution is 2.11. The quantitative estimate of drug-likeness (QED) is 0.737. The monoisotopic (exact) mass is 256 g/mol. The van der Waals surface area contributed by atoms with E-state index in [-0.39, 0.29) is 12.0 Å². The summed E-state index contributed by atoms with van der Waals surface area (Å²) in [4.78, 5) is 14.1. The molecule has 1 fully saturated rings. The smallest absolute Gasteiger partial charge is 0.251 e. The van der Waals surface area contributed by atoms with Crippen molar-refractivity contribution < 1.29 is 9.53 Å². The van der Waals surface area contributed by atoms with Crippen LogP contribution in [0.2, 0.25) is 0 Å². The van der Waals surface area contributed by atoms with Gasteiger partial charge in [-0.2, -0.15) is 0 Å². The number of nitrogens with zero attached hydrogens (tertiary/aromatic N) is 1. The van der Waals surface area contributed by atoms with Crippen molar-refractivity contribution in [1.82, 2.24) is 10.2 Å². The molecule has 1 heterocycles. The van der Waals surface area contributed by atoms with Crippen LogP contribution in [-0.4, -0.2) is 49.2 Å². The molecule has 1 saturated heterocycles. The Kier molecular flexibility index (Phi) is 7.28. The topological polar surface area (TPSA) is 41.6 Å². The van der Waals surface area contributed by atoms with Crippen LogP contribution in [0.15, 0.2) is 0 Å². The number of likely N-dealkylation sites (tertiary alicyclic amines) is 1. The molecule has 0 radical (unpaired) electrons. The summed E-state index contributed by atoms with van der Waals surface area (Å²) in [6, 6.07) is 0.463. The molecule has 0 aromatic carbocycles. The summed E-state index contributed by atoms with van der Waals surface area (Å²) in [6.07, 6.45) is 4.45. The minimum atomic E-state index is -0.308. The molecule has 0 spiro atoms. The van der Waals surface area contributed by atoms with E-state index in [2.05, 4.69) is 19.2 Å². The van der Waals surface area contributed by atoms with Gasteiger partial charge in [0.15, 0.2) is 0 Å². The van der Waals surface area contributed by atoms with E-state index < -0.39 is 0 Å². The van der Waals surface area contributed by atoms with Crippen LogP contribution in [0.25, 0.3) is 0 Å². The van der Waals surface area contributed by atoms with Gasteiger partial charge in [-0.1, -0.05) is 26.7 Å². The largest absolute Gasteiger partial charge is 0.367 e. The maximum Gasteiger partial charge on any atom is 0.251 e. The molecule has 1 N–H and O–H groups in total. The number of hydrogen-bond acceptors (Lipinski definition) is 3. The highest BCUT2D eigenvalue weighted by Gasteiger charge is 2.21. The van der Waals surface area contributed by atoms with E-state index in [1.54, 1.807) is 0 Å². The lowest BCUT2D eigenvalue weighted by molar-refractivity contribution is -0.142. The predicted octanol–water partition coefficient (Wildman–Crippen LogP) is 1.79. The van der Waals surface area contributed by atoms with E-state index in [0.717, 1.165) is 32.5 Å². The van der Waals surface area contributed by atoms with Crippen LogP contribution < -0.4 is 5.32 Å². The third kappa shape index (κ3) is 5.83. The maximum atomic E-state index is 12.2. The van der Waals surface area contributed by atoms with E-state index in [1.807, 2.05) is 11.8 Å². The average Bonchev–Trinajstić information content (AvgIpc) is 2.61. The molecule has 1 aliphatic heterocycles. The first-order chi connectivity index (χ1) is 8.61. The molecular formula is C14H28N2O2. The van der Waals surface area contributed by atoms with Crippen LogP contribution in [0, 0.1) is 0 Å². The number of amides is 1. The average molecular weight is 256 g/mol. The fourth-order valence-corrected chi connectivity index (χ4v) is 2.20. The van der Waals surface area contributed by atoms with Crippen molar-refractivity contribution in [2.75, 3.05) is 26.2 Å². The second kappa shape index (κ2) is 8.48. The van der Waals surface area contributed by atoms with Crippen molar-refractivity contribution in [3.63, 3.8) is 0 Å². The third-order valence-corrected chi connectivity index (χ3v) is 3.29. The lowest BCUT2D eigenvalue weighted by Gasteiger charge is -2.24. The van der Waals surface area contributed by atoms with Gasteiger partial charge in [0.1, 0.15) is 6.10 Å². The number of carbonyl (C=O) groups excluding carboxylic acids is 1. The number of carbonyl (C=O) groups is 1. The van der Waals surface area contributed by atoms with Gasteiger partial charge >= 0.3 is 0 Å². The van der Waals surface area contributed by atoms with Gasteiger partial charge in [0.2, 0.25) is 0 Å². The van der Waals surface area contributed by atoms with Crippen molar-refractivity contribution in [3.05, 3.63) is 0 Å². The van der Waals surface area contributed by atoms with E-state index in [0.29, 0.717) is 12.6 Å². The van der Waals surface area contributed by atoms with E-state index >= 15 is 0 Å². The van der Waals surface area contributed by atoms with Gasteiger partial charge in [0.25, 0.3) is 5.91 Å². The molecule has 106 valence electrons. The van der Waals surface area contributed by atoms with Gasteiger partial charge < -0.3 is 15.0 Å². The Morgan fingerprint density at radius 1 is 1.17 bits per heavy atom. The summed E-state index contributed by atoms with van der Waals surface area (Å²) >= 11 is 0. The number of ether oxygens (including phenoxy) is 1. The van der Waals surface area contributed by atoms with E-state index in [9.17, 15) is 4.79 Å². The highest BCUT2D eigenvalue weighted by atomic mass is 16.5. The molecule has 1 atom stereocenters. The molecule has 0 aromatic rings. The lowest BCUT2D eigenvalue weighted by Crippen LogP contribution is -2.40. The summed E-state index contributed by atoms with van der Waals surface area (Å²) in [5.41, 5.74) is 0. The molecular weight excluding hydrogens is 228 g/mol. The summed E-state index contributed by atoms with van der Waals surface area (Å²) in [7, 11) is 0. The summed E-state index contributed by atoms with van der Waals surface area (Å²) in [6.45, 7) is 9.27. The Hall–Kier alpha value is -0.610. The standard InChI is InChI=1S/C14H28N2O2/c1-12(2)15-8-11-18-13(3)14(17)16-9-6-4-5-7-10-16/h12-13,15H,4-11H2,1-3H3. The van der Waals surface area contributed by atoms with Gasteiger partial charge in [0.05, 0.1) is 6.61 Å². The van der Waals surface area contributed by atoms with Crippen molar-refractivity contribution in [2.24, 2.45) is 0 Å². The molecule has 4 heteroatoms. The van der Waals surface area contributed by atoms with Gasteiger partial charge in [-0.25, -0.2) is 0 Å². The zero-order chi connectivity index (χ0) is 13.4. The number of nitrogens with one attached hydrogen (secondary N) is 1. The molecule has 1 rings (SSSR count). The normalized spacial score (nSPS) is 18.8. The van der Waals surface area contributed by atoms with Gasteiger partial charge in [-0.15, -0.1) is 0 Å². The summed E-state index contributed by atoms with van der Waals surface area (Å²) in [5.74, 6) is 0.154. The molecule has 18 heavy (non-hydrogen) atoms. The fraction of sp³-hybridized carbons (Fsp3) is 0.929.